The Hall–Kier alpha value is -0.770. The topological polar surface area (TPSA) is 39.7 Å². The summed E-state index contributed by atoms with van der Waals surface area (Å²) in [6.07, 6.45) is 7.92. The highest BCUT2D eigenvalue weighted by Crippen LogP contribution is 2.23. The molecule has 1 aliphatic carbocycles. The van der Waals surface area contributed by atoms with Crippen molar-refractivity contribution >= 4 is 5.96 Å². The van der Waals surface area contributed by atoms with E-state index < -0.39 is 0 Å². The van der Waals surface area contributed by atoms with Gasteiger partial charge in [-0.25, -0.2) is 0 Å². The fourth-order valence-electron chi connectivity index (χ4n) is 3.85. The van der Waals surface area contributed by atoms with Gasteiger partial charge in [0.25, 0.3) is 0 Å². The average Bonchev–Trinajstić information content (AvgIpc) is 2.55. The number of hydrogen-bond donors (Lipinski definition) is 2. The quantitative estimate of drug-likeness (QED) is 0.603. The summed E-state index contributed by atoms with van der Waals surface area (Å²) in [4.78, 5) is 7.52. The van der Waals surface area contributed by atoms with Gasteiger partial charge in [0.1, 0.15) is 0 Å². The van der Waals surface area contributed by atoms with Crippen molar-refractivity contribution in [2.75, 3.05) is 26.2 Å². The molecule has 4 heteroatoms. The minimum Gasteiger partial charge on any atom is -0.357 e. The third kappa shape index (κ3) is 6.33. The maximum atomic E-state index is 4.91. The van der Waals surface area contributed by atoms with Crippen LogP contribution in [-0.4, -0.2) is 49.1 Å². The van der Waals surface area contributed by atoms with Crippen molar-refractivity contribution < 1.29 is 0 Å². The van der Waals surface area contributed by atoms with E-state index in [-0.39, 0.29) is 0 Å². The first-order valence-electron chi connectivity index (χ1n) is 9.87. The molecule has 2 aliphatic rings. The number of piperidine rings is 1. The second kappa shape index (κ2) is 9.51. The number of rotatable bonds is 5. The van der Waals surface area contributed by atoms with Gasteiger partial charge in [0.15, 0.2) is 5.96 Å². The fourth-order valence-corrected chi connectivity index (χ4v) is 3.85. The van der Waals surface area contributed by atoms with Gasteiger partial charge in [-0.2, -0.15) is 0 Å². The van der Waals surface area contributed by atoms with Gasteiger partial charge in [0.05, 0.1) is 0 Å². The summed E-state index contributed by atoms with van der Waals surface area (Å²) in [7, 11) is 0. The molecule has 23 heavy (non-hydrogen) atoms. The summed E-state index contributed by atoms with van der Waals surface area (Å²) in [5, 5.41) is 7.12. The number of nitrogens with one attached hydrogen (secondary N) is 2. The molecule has 4 nitrogen and oxygen atoms in total. The highest BCUT2D eigenvalue weighted by Gasteiger charge is 2.22. The first kappa shape index (κ1) is 18.6. The average molecular weight is 323 g/mol. The van der Waals surface area contributed by atoms with Crippen molar-refractivity contribution in [3.8, 4) is 0 Å². The molecule has 2 fully saturated rings. The predicted molar refractivity (Wildman–Crippen MR) is 100.0 cm³/mol. The molecular formula is C19H38N4. The number of aliphatic imine (C=N–C) groups is 1. The Balaban J connectivity index is 1.83. The van der Waals surface area contributed by atoms with Crippen molar-refractivity contribution in [1.82, 2.24) is 15.5 Å². The summed E-state index contributed by atoms with van der Waals surface area (Å²) in [6, 6.07) is 1.28. The first-order chi connectivity index (χ1) is 11.1. The molecule has 134 valence electrons. The van der Waals surface area contributed by atoms with Crippen LogP contribution in [0.1, 0.15) is 66.2 Å². The van der Waals surface area contributed by atoms with E-state index in [9.17, 15) is 0 Å². The van der Waals surface area contributed by atoms with E-state index in [1.165, 1.54) is 51.6 Å². The van der Waals surface area contributed by atoms with Crippen LogP contribution >= 0.6 is 0 Å². The summed E-state index contributed by atoms with van der Waals surface area (Å²) >= 11 is 0. The molecule has 0 radical (unpaired) electrons. The van der Waals surface area contributed by atoms with Crippen LogP contribution in [0.25, 0.3) is 0 Å². The van der Waals surface area contributed by atoms with Crippen molar-refractivity contribution in [3.63, 3.8) is 0 Å². The van der Waals surface area contributed by atoms with Crippen LogP contribution in [0.15, 0.2) is 4.99 Å². The third-order valence-corrected chi connectivity index (χ3v) is 5.49. The van der Waals surface area contributed by atoms with Crippen molar-refractivity contribution in [3.05, 3.63) is 0 Å². The lowest BCUT2D eigenvalue weighted by atomic mass is 9.87. The van der Waals surface area contributed by atoms with Crippen LogP contribution in [0.3, 0.4) is 0 Å². The molecular weight excluding hydrogens is 284 g/mol. The molecule has 0 aromatic carbocycles. The molecule has 1 saturated carbocycles. The Bertz CT molecular complexity index is 358. The second-order valence-corrected chi connectivity index (χ2v) is 7.92. The molecule has 1 saturated heterocycles. The van der Waals surface area contributed by atoms with Crippen LogP contribution in [0, 0.1) is 11.8 Å². The van der Waals surface area contributed by atoms with Gasteiger partial charge in [0.2, 0.25) is 0 Å². The van der Waals surface area contributed by atoms with Crippen molar-refractivity contribution in [2.24, 2.45) is 16.8 Å². The SMILES string of the molecule is CCNC(=NCC1CCCN(C(C)C)C1)NC1CCC(C)CC1. The van der Waals surface area contributed by atoms with Gasteiger partial charge in [-0.3, -0.25) is 4.99 Å². The molecule has 0 bridgehead atoms. The van der Waals surface area contributed by atoms with Gasteiger partial charge in [-0.05, 0) is 77.7 Å². The molecule has 1 unspecified atom stereocenters. The number of nitrogens with zero attached hydrogens (tertiary/aromatic N) is 2. The van der Waals surface area contributed by atoms with E-state index in [0.717, 1.165) is 25.0 Å². The monoisotopic (exact) mass is 322 g/mol. The highest BCUT2D eigenvalue weighted by atomic mass is 15.2. The van der Waals surface area contributed by atoms with Gasteiger partial charge in [0, 0.05) is 31.7 Å². The van der Waals surface area contributed by atoms with E-state index >= 15 is 0 Å². The van der Waals surface area contributed by atoms with Crippen molar-refractivity contribution in [2.45, 2.75) is 78.3 Å². The summed E-state index contributed by atoms with van der Waals surface area (Å²) in [6.45, 7) is 13.5. The normalized spacial score (nSPS) is 30.5. The lowest BCUT2D eigenvalue weighted by molar-refractivity contribution is 0.143. The zero-order valence-electron chi connectivity index (χ0n) is 15.8. The Morgan fingerprint density at radius 1 is 1.17 bits per heavy atom. The van der Waals surface area contributed by atoms with Gasteiger partial charge < -0.3 is 15.5 Å². The van der Waals surface area contributed by atoms with Gasteiger partial charge in [-0.15, -0.1) is 0 Å². The van der Waals surface area contributed by atoms with E-state index in [2.05, 4.69) is 43.2 Å². The molecule has 0 aromatic heterocycles. The van der Waals surface area contributed by atoms with E-state index in [1.807, 2.05) is 0 Å². The number of likely N-dealkylation sites (tertiary alicyclic amines) is 1. The molecule has 1 heterocycles. The third-order valence-electron chi connectivity index (χ3n) is 5.49. The number of hydrogen-bond acceptors (Lipinski definition) is 2. The lowest BCUT2D eigenvalue weighted by Crippen LogP contribution is -2.45. The second-order valence-electron chi connectivity index (χ2n) is 7.92. The Labute approximate surface area is 143 Å². The van der Waals surface area contributed by atoms with E-state index in [4.69, 9.17) is 4.99 Å². The summed E-state index contributed by atoms with van der Waals surface area (Å²) < 4.78 is 0. The molecule has 0 amide bonds. The zero-order valence-corrected chi connectivity index (χ0v) is 15.8. The van der Waals surface area contributed by atoms with Gasteiger partial charge in [-0.1, -0.05) is 6.92 Å². The van der Waals surface area contributed by atoms with Crippen LogP contribution in [0.5, 0.6) is 0 Å². The van der Waals surface area contributed by atoms with E-state index in [1.54, 1.807) is 0 Å². The standard InChI is InChI=1S/C19H38N4/c1-5-20-19(22-18-10-8-16(4)9-11-18)21-13-17-7-6-12-23(14-17)15(2)3/h15-18H,5-14H2,1-4H3,(H2,20,21,22). The molecule has 0 spiro atoms. The Kier molecular flexibility index (Phi) is 7.68. The largest absolute Gasteiger partial charge is 0.357 e. The molecule has 1 atom stereocenters. The smallest absolute Gasteiger partial charge is 0.191 e. The highest BCUT2D eigenvalue weighted by molar-refractivity contribution is 5.80. The van der Waals surface area contributed by atoms with E-state index in [0.29, 0.717) is 18.0 Å². The lowest BCUT2D eigenvalue weighted by Gasteiger charge is -2.35. The predicted octanol–water partition coefficient (Wildman–Crippen LogP) is 3.24. The maximum Gasteiger partial charge on any atom is 0.191 e. The van der Waals surface area contributed by atoms with Crippen LogP contribution in [0.4, 0.5) is 0 Å². The van der Waals surface area contributed by atoms with Crippen molar-refractivity contribution in [1.29, 1.82) is 0 Å². The maximum absolute atomic E-state index is 4.91. The molecule has 0 aromatic rings. The first-order valence-corrected chi connectivity index (χ1v) is 9.87. The number of guanidine groups is 1. The zero-order chi connectivity index (χ0) is 16.7. The Morgan fingerprint density at radius 2 is 1.91 bits per heavy atom. The molecule has 2 rings (SSSR count). The molecule has 2 N–H and O–H groups in total. The fraction of sp³-hybridized carbons (Fsp3) is 0.947. The molecule has 1 aliphatic heterocycles. The van der Waals surface area contributed by atoms with Crippen LogP contribution in [-0.2, 0) is 0 Å². The van der Waals surface area contributed by atoms with Crippen LogP contribution in [0.2, 0.25) is 0 Å². The Morgan fingerprint density at radius 3 is 2.57 bits per heavy atom. The summed E-state index contributed by atoms with van der Waals surface area (Å²) in [5.74, 6) is 2.65. The summed E-state index contributed by atoms with van der Waals surface area (Å²) in [5.41, 5.74) is 0. The van der Waals surface area contributed by atoms with Gasteiger partial charge >= 0.3 is 0 Å². The minimum atomic E-state index is 0.613. The van der Waals surface area contributed by atoms with Crippen LogP contribution < -0.4 is 10.6 Å². The minimum absolute atomic E-state index is 0.613.